The lowest BCUT2D eigenvalue weighted by Crippen LogP contribution is -2.42. The summed E-state index contributed by atoms with van der Waals surface area (Å²) < 4.78 is 0.823. The average molecular weight is 285 g/mol. The molecule has 0 heterocycles. The highest BCUT2D eigenvalue weighted by Crippen LogP contribution is 2.15. The van der Waals surface area contributed by atoms with Gasteiger partial charge in [0.1, 0.15) is 6.04 Å². The van der Waals surface area contributed by atoms with Gasteiger partial charge in [-0.25, -0.2) is 0 Å². The molecular weight excluding hydrogens is 272 g/mol. The Hall–Kier alpha value is -1.36. The molecule has 0 spiro atoms. The van der Waals surface area contributed by atoms with Gasteiger partial charge in [0.25, 0.3) is 5.91 Å². The molecule has 16 heavy (non-hydrogen) atoms. The first-order chi connectivity index (χ1) is 7.40. The molecule has 0 aliphatic rings. The molecule has 0 aromatic heterocycles. The first-order valence-electron chi connectivity index (χ1n) is 4.77. The topological polar surface area (TPSA) is 72.2 Å². The molecule has 1 aromatic carbocycles. The molecule has 1 aromatic rings. The third kappa shape index (κ3) is 3.34. The van der Waals surface area contributed by atoms with Crippen LogP contribution < -0.4 is 11.1 Å². The third-order valence-electron chi connectivity index (χ3n) is 2.08. The Morgan fingerprint density at radius 2 is 2.00 bits per heavy atom. The lowest BCUT2D eigenvalue weighted by Gasteiger charge is -2.10. The van der Waals surface area contributed by atoms with E-state index < -0.39 is 11.9 Å². The summed E-state index contributed by atoms with van der Waals surface area (Å²) in [4.78, 5) is 22.5. The second-order valence-corrected chi connectivity index (χ2v) is 4.53. The van der Waals surface area contributed by atoms with Crippen molar-refractivity contribution in [1.29, 1.82) is 0 Å². The van der Waals surface area contributed by atoms with Crippen molar-refractivity contribution in [1.82, 2.24) is 5.32 Å². The van der Waals surface area contributed by atoms with Crippen LogP contribution >= 0.6 is 15.9 Å². The molecule has 0 unspecified atom stereocenters. The summed E-state index contributed by atoms with van der Waals surface area (Å²) in [5.41, 5.74) is 6.52. The van der Waals surface area contributed by atoms with Crippen LogP contribution in [0.4, 0.5) is 0 Å². The summed E-state index contributed by atoms with van der Waals surface area (Å²) in [6, 6.07) is 4.66. The van der Waals surface area contributed by atoms with Crippen LogP contribution in [0.15, 0.2) is 22.7 Å². The largest absolute Gasteiger partial charge is 0.368 e. The van der Waals surface area contributed by atoms with E-state index in [2.05, 4.69) is 21.2 Å². The first kappa shape index (κ1) is 12.7. The summed E-state index contributed by atoms with van der Waals surface area (Å²) in [7, 11) is 0. The van der Waals surface area contributed by atoms with E-state index in [9.17, 15) is 9.59 Å². The van der Waals surface area contributed by atoms with Crippen LogP contribution in [0.3, 0.4) is 0 Å². The van der Waals surface area contributed by atoms with Gasteiger partial charge in [-0.3, -0.25) is 9.59 Å². The van der Waals surface area contributed by atoms with Crippen LogP contribution in [0.2, 0.25) is 0 Å². The zero-order valence-electron chi connectivity index (χ0n) is 9.08. The highest BCUT2D eigenvalue weighted by Gasteiger charge is 2.14. The lowest BCUT2D eigenvalue weighted by molar-refractivity contribution is -0.119. The van der Waals surface area contributed by atoms with E-state index in [1.807, 2.05) is 13.0 Å². The number of hydrogen-bond donors (Lipinski definition) is 2. The number of primary amides is 1. The van der Waals surface area contributed by atoms with Crippen molar-refractivity contribution in [2.75, 3.05) is 0 Å². The van der Waals surface area contributed by atoms with Crippen molar-refractivity contribution in [3.63, 3.8) is 0 Å². The monoisotopic (exact) mass is 284 g/mol. The molecule has 5 heteroatoms. The van der Waals surface area contributed by atoms with Crippen LogP contribution in [-0.4, -0.2) is 17.9 Å². The Kier molecular flexibility index (Phi) is 4.06. The number of benzene rings is 1. The zero-order valence-corrected chi connectivity index (χ0v) is 10.7. The van der Waals surface area contributed by atoms with E-state index in [1.54, 1.807) is 19.1 Å². The first-order valence-corrected chi connectivity index (χ1v) is 5.57. The molecule has 0 fully saturated rings. The van der Waals surface area contributed by atoms with Crippen molar-refractivity contribution in [2.24, 2.45) is 5.73 Å². The fourth-order valence-electron chi connectivity index (χ4n) is 1.22. The Balaban J connectivity index is 2.84. The Morgan fingerprint density at radius 3 is 2.50 bits per heavy atom. The van der Waals surface area contributed by atoms with Crippen LogP contribution in [0, 0.1) is 6.92 Å². The van der Waals surface area contributed by atoms with Gasteiger partial charge in [0.05, 0.1) is 0 Å². The normalized spacial score (nSPS) is 11.9. The summed E-state index contributed by atoms with van der Waals surface area (Å²) in [6.07, 6.45) is 0. The molecule has 86 valence electrons. The van der Waals surface area contributed by atoms with Crippen LogP contribution in [-0.2, 0) is 4.79 Å². The minimum atomic E-state index is -0.674. The quantitative estimate of drug-likeness (QED) is 0.880. The highest BCUT2D eigenvalue weighted by atomic mass is 79.9. The van der Waals surface area contributed by atoms with E-state index in [0.717, 1.165) is 10.0 Å². The van der Waals surface area contributed by atoms with Gasteiger partial charge in [0.2, 0.25) is 5.91 Å². The molecular formula is C11H13BrN2O2. The lowest BCUT2D eigenvalue weighted by atomic mass is 10.1. The Morgan fingerprint density at radius 1 is 1.38 bits per heavy atom. The zero-order chi connectivity index (χ0) is 12.3. The Bertz CT molecular complexity index is 412. The molecule has 1 atom stereocenters. The van der Waals surface area contributed by atoms with Crippen molar-refractivity contribution >= 4 is 27.7 Å². The molecule has 0 aliphatic heterocycles. The van der Waals surface area contributed by atoms with Gasteiger partial charge in [0.15, 0.2) is 0 Å². The van der Waals surface area contributed by atoms with E-state index in [1.165, 1.54) is 0 Å². The maximum atomic E-state index is 11.7. The van der Waals surface area contributed by atoms with E-state index in [4.69, 9.17) is 5.73 Å². The van der Waals surface area contributed by atoms with Gasteiger partial charge < -0.3 is 11.1 Å². The number of nitrogens with one attached hydrogen (secondary N) is 1. The number of halogens is 1. The number of carbonyl (C=O) groups is 2. The maximum Gasteiger partial charge on any atom is 0.251 e. The summed E-state index contributed by atoms with van der Waals surface area (Å²) in [6.45, 7) is 3.43. The molecule has 0 saturated heterocycles. The van der Waals surface area contributed by atoms with Crippen LogP contribution in [0.5, 0.6) is 0 Å². The van der Waals surface area contributed by atoms with Crippen molar-refractivity contribution < 1.29 is 9.59 Å². The van der Waals surface area contributed by atoms with Crippen molar-refractivity contribution in [2.45, 2.75) is 19.9 Å². The third-order valence-corrected chi connectivity index (χ3v) is 2.54. The number of aryl methyl sites for hydroxylation is 1. The SMILES string of the molecule is Cc1cc(Br)cc(C(=O)N[C@@H](C)C(N)=O)c1. The fourth-order valence-corrected chi connectivity index (χ4v) is 1.83. The Labute approximate surface area is 102 Å². The standard InChI is InChI=1S/C11H13BrN2O2/c1-6-3-8(5-9(12)4-6)11(16)14-7(2)10(13)15/h3-5,7H,1-2H3,(H2,13,15)(H,14,16)/t7-/m0/s1. The van der Waals surface area contributed by atoms with Crippen LogP contribution in [0.25, 0.3) is 0 Å². The minimum absolute atomic E-state index is 0.310. The number of carbonyl (C=O) groups excluding carboxylic acids is 2. The highest BCUT2D eigenvalue weighted by molar-refractivity contribution is 9.10. The van der Waals surface area contributed by atoms with Gasteiger partial charge in [-0.05, 0) is 37.6 Å². The van der Waals surface area contributed by atoms with E-state index in [-0.39, 0.29) is 5.91 Å². The average Bonchev–Trinajstić information content (AvgIpc) is 2.15. The predicted molar refractivity (Wildman–Crippen MR) is 65.0 cm³/mol. The molecule has 4 nitrogen and oxygen atoms in total. The maximum absolute atomic E-state index is 11.7. The van der Waals surface area contributed by atoms with E-state index >= 15 is 0 Å². The summed E-state index contributed by atoms with van der Waals surface area (Å²) in [5, 5.41) is 2.52. The van der Waals surface area contributed by atoms with Gasteiger partial charge in [-0.15, -0.1) is 0 Å². The van der Waals surface area contributed by atoms with Gasteiger partial charge in [-0.1, -0.05) is 15.9 Å². The van der Waals surface area contributed by atoms with Crippen molar-refractivity contribution in [3.05, 3.63) is 33.8 Å². The number of nitrogens with two attached hydrogens (primary N) is 1. The fraction of sp³-hybridized carbons (Fsp3) is 0.273. The second kappa shape index (κ2) is 5.12. The van der Waals surface area contributed by atoms with Gasteiger partial charge in [-0.2, -0.15) is 0 Å². The molecule has 0 radical (unpaired) electrons. The van der Waals surface area contributed by atoms with Crippen LogP contribution in [0.1, 0.15) is 22.8 Å². The number of rotatable bonds is 3. The van der Waals surface area contributed by atoms with Gasteiger partial charge in [0, 0.05) is 10.0 Å². The molecule has 3 N–H and O–H groups in total. The van der Waals surface area contributed by atoms with Crippen molar-refractivity contribution in [3.8, 4) is 0 Å². The number of amides is 2. The van der Waals surface area contributed by atoms with Gasteiger partial charge >= 0.3 is 0 Å². The minimum Gasteiger partial charge on any atom is -0.368 e. The smallest absolute Gasteiger partial charge is 0.251 e. The molecule has 0 aliphatic carbocycles. The predicted octanol–water partition coefficient (Wildman–Crippen LogP) is 1.36. The summed E-state index contributed by atoms with van der Waals surface area (Å²) >= 11 is 3.30. The molecule has 0 bridgehead atoms. The molecule has 1 rings (SSSR count). The second-order valence-electron chi connectivity index (χ2n) is 3.61. The number of hydrogen-bond acceptors (Lipinski definition) is 2. The molecule has 0 saturated carbocycles. The molecule has 2 amide bonds. The summed E-state index contributed by atoms with van der Waals surface area (Å²) in [5.74, 6) is -0.865. The van der Waals surface area contributed by atoms with E-state index in [0.29, 0.717) is 5.56 Å².